The third kappa shape index (κ3) is 2.68. The van der Waals surface area contributed by atoms with Crippen LogP contribution in [0.25, 0.3) is 0 Å². The van der Waals surface area contributed by atoms with Gasteiger partial charge in [-0.2, -0.15) is 0 Å². The summed E-state index contributed by atoms with van der Waals surface area (Å²) >= 11 is 3.33. The van der Waals surface area contributed by atoms with E-state index in [9.17, 15) is 4.79 Å². The number of benzene rings is 2. The lowest BCUT2D eigenvalue weighted by atomic mass is 9.97. The van der Waals surface area contributed by atoms with Gasteiger partial charge < -0.3 is 10.5 Å². The van der Waals surface area contributed by atoms with Crippen LogP contribution in [0.15, 0.2) is 40.9 Å². The summed E-state index contributed by atoms with van der Waals surface area (Å²) in [6, 6.07) is 10.9. The number of carbonyl (C=O) groups is 1. The third-order valence-electron chi connectivity index (χ3n) is 3.58. The van der Waals surface area contributed by atoms with E-state index in [2.05, 4.69) is 15.9 Å². The molecule has 108 valence electrons. The Kier molecular flexibility index (Phi) is 3.29. The fraction of sp³-hybridized carbons (Fsp3) is 0.235. The Morgan fingerprint density at radius 2 is 1.86 bits per heavy atom. The van der Waals surface area contributed by atoms with Gasteiger partial charge in [-0.25, -0.2) is 0 Å². The van der Waals surface area contributed by atoms with Crippen molar-refractivity contribution in [3.8, 4) is 5.75 Å². The Morgan fingerprint density at radius 3 is 2.57 bits per heavy atom. The lowest BCUT2D eigenvalue weighted by Crippen LogP contribution is -2.24. The van der Waals surface area contributed by atoms with E-state index in [0.717, 1.165) is 22.2 Å². The maximum Gasteiger partial charge on any atom is 0.193 e. The Hall–Kier alpha value is -1.81. The summed E-state index contributed by atoms with van der Waals surface area (Å²) in [4.78, 5) is 12.6. The van der Waals surface area contributed by atoms with Crippen molar-refractivity contribution in [2.45, 2.75) is 25.9 Å². The van der Waals surface area contributed by atoms with Gasteiger partial charge >= 0.3 is 0 Å². The van der Waals surface area contributed by atoms with Crippen LogP contribution >= 0.6 is 15.9 Å². The van der Waals surface area contributed by atoms with E-state index in [4.69, 9.17) is 10.5 Å². The maximum absolute atomic E-state index is 12.6. The van der Waals surface area contributed by atoms with E-state index in [0.29, 0.717) is 16.8 Å². The van der Waals surface area contributed by atoms with Crippen LogP contribution in [0.4, 0.5) is 5.69 Å². The fourth-order valence-corrected chi connectivity index (χ4v) is 2.85. The van der Waals surface area contributed by atoms with Crippen LogP contribution < -0.4 is 10.5 Å². The van der Waals surface area contributed by atoms with Crippen LogP contribution in [-0.4, -0.2) is 11.4 Å². The van der Waals surface area contributed by atoms with E-state index in [-0.39, 0.29) is 11.4 Å². The minimum Gasteiger partial charge on any atom is -0.487 e. The number of nitrogens with two attached hydrogens (primary N) is 1. The summed E-state index contributed by atoms with van der Waals surface area (Å²) < 4.78 is 6.63. The molecule has 3 nitrogen and oxygen atoms in total. The minimum atomic E-state index is -0.202. The number of halogens is 1. The van der Waals surface area contributed by atoms with Crippen LogP contribution in [0, 0.1) is 0 Å². The van der Waals surface area contributed by atoms with Gasteiger partial charge in [0.2, 0.25) is 0 Å². The van der Waals surface area contributed by atoms with Gasteiger partial charge in [0, 0.05) is 27.7 Å². The van der Waals surface area contributed by atoms with Gasteiger partial charge in [0.15, 0.2) is 5.78 Å². The molecule has 0 aromatic heterocycles. The highest BCUT2D eigenvalue weighted by atomic mass is 79.9. The SMILES string of the molecule is CC1(C)Cc2cc(C(=O)c3ccc(Br)c(N)c3)ccc2O1. The molecule has 1 aliphatic heterocycles. The highest BCUT2D eigenvalue weighted by Crippen LogP contribution is 2.35. The zero-order chi connectivity index (χ0) is 15.2. The largest absolute Gasteiger partial charge is 0.487 e. The molecule has 3 rings (SSSR count). The summed E-state index contributed by atoms with van der Waals surface area (Å²) in [6.07, 6.45) is 0.811. The van der Waals surface area contributed by atoms with Crippen LogP contribution in [0.2, 0.25) is 0 Å². The highest BCUT2D eigenvalue weighted by molar-refractivity contribution is 9.10. The first-order valence-electron chi connectivity index (χ1n) is 6.77. The van der Waals surface area contributed by atoms with E-state index in [1.54, 1.807) is 24.3 Å². The Labute approximate surface area is 132 Å². The molecule has 1 heterocycles. The van der Waals surface area contributed by atoms with Gasteiger partial charge in [0.1, 0.15) is 11.4 Å². The van der Waals surface area contributed by atoms with E-state index < -0.39 is 0 Å². The second kappa shape index (κ2) is 4.88. The molecule has 0 spiro atoms. The van der Waals surface area contributed by atoms with Gasteiger partial charge in [0.25, 0.3) is 0 Å². The van der Waals surface area contributed by atoms with Crippen LogP contribution in [0.5, 0.6) is 5.75 Å². The number of ketones is 1. The predicted molar refractivity (Wildman–Crippen MR) is 86.8 cm³/mol. The molecule has 21 heavy (non-hydrogen) atoms. The molecule has 2 aromatic rings. The number of rotatable bonds is 2. The molecule has 0 saturated heterocycles. The highest BCUT2D eigenvalue weighted by Gasteiger charge is 2.30. The normalized spacial score (nSPS) is 15.4. The smallest absolute Gasteiger partial charge is 0.193 e. The molecule has 0 saturated carbocycles. The average molecular weight is 346 g/mol. The molecular weight excluding hydrogens is 330 g/mol. The quantitative estimate of drug-likeness (QED) is 0.661. The van der Waals surface area contributed by atoms with Crippen LogP contribution in [-0.2, 0) is 6.42 Å². The lowest BCUT2D eigenvalue weighted by Gasteiger charge is -2.16. The number of hydrogen-bond acceptors (Lipinski definition) is 3. The second-order valence-electron chi connectivity index (χ2n) is 5.93. The first kappa shape index (κ1) is 14.1. The summed E-state index contributed by atoms with van der Waals surface area (Å²) in [6.45, 7) is 4.09. The van der Waals surface area contributed by atoms with Gasteiger partial charge in [-0.15, -0.1) is 0 Å². The Bertz CT molecular complexity index is 738. The Morgan fingerprint density at radius 1 is 1.19 bits per heavy atom. The first-order chi connectivity index (χ1) is 9.85. The molecule has 2 aromatic carbocycles. The van der Waals surface area contributed by atoms with Gasteiger partial charge in [-0.05, 0) is 71.7 Å². The Balaban J connectivity index is 1.95. The third-order valence-corrected chi connectivity index (χ3v) is 4.31. The van der Waals surface area contributed by atoms with E-state index in [1.807, 2.05) is 26.0 Å². The van der Waals surface area contributed by atoms with Crippen molar-refractivity contribution in [1.29, 1.82) is 0 Å². The zero-order valence-corrected chi connectivity index (χ0v) is 13.5. The predicted octanol–water partition coefficient (Wildman–Crippen LogP) is 3.98. The first-order valence-corrected chi connectivity index (χ1v) is 7.57. The summed E-state index contributed by atoms with van der Waals surface area (Å²) in [5.41, 5.74) is 8.54. The molecule has 0 amide bonds. The molecule has 0 atom stereocenters. The van der Waals surface area contributed by atoms with E-state index in [1.165, 1.54) is 0 Å². The molecule has 2 N–H and O–H groups in total. The number of ether oxygens (including phenoxy) is 1. The van der Waals surface area contributed by atoms with Crippen LogP contribution in [0.3, 0.4) is 0 Å². The van der Waals surface area contributed by atoms with Gasteiger partial charge in [-0.1, -0.05) is 0 Å². The number of nitrogen functional groups attached to an aromatic ring is 1. The molecule has 0 radical (unpaired) electrons. The van der Waals surface area contributed by atoms with Crippen molar-refractivity contribution in [2.75, 3.05) is 5.73 Å². The number of hydrogen-bond donors (Lipinski definition) is 1. The molecule has 0 bridgehead atoms. The topological polar surface area (TPSA) is 52.3 Å². The molecule has 4 heteroatoms. The molecule has 0 unspecified atom stereocenters. The van der Waals surface area contributed by atoms with Crippen LogP contribution in [0.1, 0.15) is 35.3 Å². The second-order valence-corrected chi connectivity index (χ2v) is 6.78. The van der Waals surface area contributed by atoms with Crippen molar-refractivity contribution in [3.63, 3.8) is 0 Å². The number of carbonyl (C=O) groups excluding carboxylic acids is 1. The zero-order valence-electron chi connectivity index (χ0n) is 11.9. The number of anilines is 1. The standard InChI is InChI=1S/C17H16BrNO2/c1-17(2)9-12-7-10(4-6-15(12)21-17)16(20)11-3-5-13(18)14(19)8-11/h3-8H,9,19H2,1-2H3. The van der Waals surface area contributed by atoms with Gasteiger partial charge in [0.05, 0.1) is 0 Å². The summed E-state index contributed by atoms with van der Waals surface area (Å²) in [5, 5.41) is 0. The lowest BCUT2D eigenvalue weighted by molar-refractivity contribution is 0.103. The van der Waals surface area contributed by atoms with Crippen molar-refractivity contribution in [2.24, 2.45) is 0 Å². The fourth-order valence-electron chi connectivity index (χ4n) is 2.60. The monoisotopic (exact) mass is 345 g/mol. The van der Waals surface area contributed by atoms with Crippen molar-refractivity contribution in [1.82, 2.24) is 0 Å². The van der Waals surface area contributed by atoms with Gasteiger partial charge in [-0.3, -0.25) is 4.79 Å². The summed E-state index contributed by atoms with van der Waals surface area (Å²) in [7, 11) is 0. The maximum atomic E-state index is 12.6. The molecule has 0 aliphatic carbocycles. The van der Waals surface area contributed by atoms with Crippen molar-refractivity contribution >= 4 is 27.4 Å². The van der Waals surface area contributed by atoms with Crippen molar-refractivity contribution in [3.05, 3.63) is 57.6 Å². The average Bonchev–Trinajstić information content (AvgIpc) is 2.73. The molecule has 0 fully saturated rings. The van der Waals surface area contributed by atoms with Crippen molar-refractivity contribution < 1.29 is 9.53 Å². The van der Waals surface area contributed by atoms with E-state index >= 15 is 0 Å². The molecular formula is C17H16BrNO2. The summed E-state index contributed by atoms with van der Waals surface area (Å²) in [5.74, 6) is 0.841. The number of fused-ring (bicyclic) bond motifs is 1. The molecule has 1 aliphatic rings. The minimum absolute atomic E-state index is 0.0262.